The summed E-state index contributed by atoms with van der Waals surface area (Å²) in [6.07, 6.45) is 1.74. The third-order valence-electron chi connectivity index (χ3n) is 7.17. The van der Waals surface area contributed by atoms with Crippen molar-refractivity contribution in [2.45, 2.75) is 58.4 Å². The first kappa shape index (κ1) is 23.8. The first-order chi connectivity index (χ1) is 15.6. The molecule has 0 aliphatic carbocycles. The number of hydrogen-bond donors (Lipinski definition) is 1. The fourth-order valence-corrected chi connectivity index (χ4v) is 7.06. The van der Waals surface area contributed by atoms with Crippen LogP contribution in [-0.2, 0) is 10.0 Å². The molecule has 3 heterocycles. The Bertz CT molecular complexity index is 1130. The van der Waals surface area contributed by atoms with Crippen LogP contribution in [0.3, 0.4) is 0 Å². The van der Waals surface area contributed by atoms with Crippen molar-refractivity contribution >= 4 is 21.6 Å². The van der Waals surface area contributed by atoms with E-state index in [0.29, 0.717) is 49.0 Å². The van der Waals surface area contributed by atoms with Crippen LogP contribution in [0.15, 0.2) is 29.2 Å². The molecule has 1 aromatic carbocycles. The number of piperazine rings is 1. The fraction of sp³-hybridized carbons (Fsp3) is 0.560. The van der Waals surface area contributed by atoms with Gasteiger partial charge in [-0.1, -0.05) is 19.1 Å². The van der Waals surface area contributed by atoms with Crippen molar-refractivity contribution in [3.8, 4) is 0 Å². The van der Waals surface area contributed by atoms with Gasteiger partial charge in [-0.05, 0) is 69.7 Å². The number of H-pyrrole nitrogens is 1. The summed E-state index contributed by atoms with van der Waals surface area (Å²) in [6, 6.07) is 8.59. The Labute approximate surface area is 197 Å². The predicted molar refractivity (Wildman–Crippen MR) is 131 cm³/mol. The molecule has 2 aliphatic heterocycles. The summed E-state index contributed by atoms with van der Waals surface area (Å²) >= 11 is 0. The van der Waals surface area contributed by atoms with E-state index in [-0.39, 0.29) is 16.8 Å². The number of amides is 1. The number of piperidine rings is 1. The number of sulfonamides is 1. The lowest BCUT2D eigenvalue weighted by Crippen LogP contribution is -2.54. The van der Waals surface area contributed by atoms with E-state index in [1.54, 1.807) is 18.2 Å². The number of anilines is 1. The number of aryl methyl sites for hydroxylation is 2. The molecule has 2 saturated heterocycles. The maximum absolute atomic E-state index is 13.4. The fourth-order valence-electron chi connectivity index (χ4n) is 5.18. The van der Waals surface area contributed by atoms with Crippen molar-refractivity contribution in [1.29, 1.82) is 0 Å². The molecule has 33 heavy (non-hydrogen) atoms. The maximum Gasteiger partial charge on any atom is 0.270 e. The zero-order valence-electron chi connectivity index (χ0n) is 20.4. The zero-order valence-corrected chi connectivity index (χ0v) is 21.2. The van der Waals surface area contributed by atoms with Crippen LogP contribution in [-0.4, -0.2) is 67.3 Å². The van der Waals surface area contributed by atoms with Gasteiger partial charge in [0, 0.05) is 50.1 Å². The second kappa shape index (κ2) is 9.14. The molecule has 1 atom stereocenters. The van der Waals surface area contributed by atoms with Crippen molar-refractivity contribution in [2.24, 2.45) is 5.92 Å². The molecule has 0 spiro atoms. The number of carbonyl (C=O) groups excluding carboxylic acids is 1. The van der Waals surface area contributed by atoms with Crippen molar-refractivity contribution < 1.29 is 13.2 Å². The van der Waals surface area contributed by atoms with E-state index in [2.05, 4.69) is 54.9 Å². The van der Waals surface area contributed by atoms with Crippen LogP contribution in [0.2, 0.25) is 0 Å². The Balaban J connectivity index is 1.53. The Morgan fingerprint density at radius 3 is 2.36 bits per heavy atom. The molecular weight excluding hydrogens is 436 g/mol. The highest BCUT2D eigenvalue weighted by molar-refractivity contribution is 7.89. The molecule has 8 heteroatoms. The molecule has 1 N–H and O–H groups in total. The smallest absolute Gasteiger partial charge is 0.270 e. The van der Waals surface area contributed by atoms with Gasteiger partial charge in [0.2, 0.25) is 10.0 Å². The van der Waals surface area contributed by atoms with Crippen molar-refractivity contribution in [3.05, 3.63) is 46.8 Å². The van der Waals surface area contributed by atoms with Gasteiger partial charge in [-0.15, -0.1) is 0 Å². The Morgan fingerprint density at radius 2 is 1.73 bits per heavy atom. The van der Waals surface area contributed by atoms with E-state index >= 15 is 0 Å². The average molecular weight is 473 g/mol. The van der Waals surface area contributed by atoms with Gasteiger partial charge in [0.05, 0.1) is 0 Å². The number of nitrogens with one attached hydrogen (secondary N) is 1. The summed E-state index contributed by atoms with van der Waals surface area (Å²) in [5.41, 5.74) is 3.86. The largest absolute Gasteiger partial charge is 0.365 e. The molecule has 0 saturated carbocycles. The van der Waals surface area contributed by atoms with Crippen LogP contribution < -0.4 is 4.90 Å². The first-order valence-electron chi connectivity index (χ1n) is 11.9. The molecule has 2 fully saturated rings. The quantitative estimate of drug-likeness (QED) is 0.736. The zero-order chi connectivity index (χ0) is 23.9. The minimum absolute atomic E-state index is 0.125. The normalized spacial score (nSPS) is 20.9. The summed E-state index contributed by atoms with van der Waals surface area (Å²) in [4.78, 5) is 21.0. The number of hydrogen-bond acceptors (Lipinski definition) is 4. The molecular formula is C25H36N4O3S. The lowest BCUT2D eigenvalue weighted by molar-refractivity contribution is 0.0720. The lowest BCUT2D eigenvalue weighted by Gasteiger charge is -2.41. The highest BCUT2D eigenvalue weighted by atomic mass is 32.2. The molecule has 1 unspecified atom stereocenters. The lowest BCUT2D eigenvalue weighted by atomic mass is 10.0. The minimum atomic E-state index is -3.63. The van der Waals surface area contributed by atoms with Gasteiger partial charge in [-0.25, -0.2) is 8.42 Å². The van der Waals surface area contributed by atoms with Crippen molar-refractivity contribution in [3.63, 3.8) is 0 Å². The van der Waals surface area contributed by atoms with E-state index in [4.69, 9.17) is 0 Å². The van der Waals surface area contributed by atoms with Gasteiger partial charge in [0.1, 0.15) is 10.6 Å². The second-order valence-electron chi connectivity index (χ2n) is 9.80. The molecule has 7 nitrogen and oxygen atoms in total. The van der Waals surface area contributed by atoms with Gasteiger partial charge in [-0.3, -0.25) is 4.79 Å². The van der Waals surface area contributed by atoms with Crippen LogP contribution in [0, 0.1) is 26.7 Å². The molecule has 1 aromatic heterocycles. The van der Waals surface area contributed by atoms with Gasteiger partial charge < -0.3 is 14.8 Å². The van der Waals surface area contributed by atoms with Crippen LogP contribution >= 0.6 is 0 Å². The third-order valence-corrected chi connectivity index (χ3v) is 9.34. The topological polar surface area (TPSA) is 76.7 Å². The number of aromatic nitrogens is 1. The molecule has 1 amide bonds. The highest BCUT2D eigenvalue weighted by Gasteiger charge is 2.35. The number of aromatic amines is 1. The predicted octanol–water partition coefficient (Wildman–Crippen LogP) is 3.71. The molecule has 4 rings (SSSR count). The Hall–Kier alpha value is -2.32. The van der Waals surface area contributed by atoms with Crippen molar-refractivity contribution in [2.75, 3.05) is 37.6 Å². The summed E-state index contributed by atoms with van der Waals surface area (Å²) in [7, 11) is -3.63. The second-order valence-corrected chi connectivity index (χ2v) is 11.7. The number of benzene rings is 1. The van der Waals surface area contributed by atoms with Crippen LogP contribution in [0.25, 0.3) is 0 Å². The molecule has 2 aliphatic rings. The SMILES string of the molecule is Cc1cccc(N2CCN(C(=O)c3[nH]c(C)c(S(=O)(=O)N4CCC(C)CC4)c3C)CC2C)c1. The van der Waals surface area contributed by atoms with E-state index in [0.717, 1.165) is 19.4 Å². The Kier molecular flexibility index (Phi) is 6.60. The standard InChI is InChI=1S/C25H36N4O3S/c1-17-9-11-28(12-10-17)33(31,32)24-20(4)23(26-21(24)5)25(30)27-13-14-29(19(3)16-27)22-8-6-7-18(2)15-22/h6-8,15,17,19,26H,9-14,16H2,1-5H3. The molecule has 180 valence electrons. The van der Waals surface area contributed by atoms with Gasteiger partial charge in [0.25, 0.3) is 5.91 Å². The van der Waals surface area contributed by atoms with Crippen LogP contribution in [0.1, 0.15) is 54.0 Å². The molecule has 0 bridgehead atoms. The molecule has 2 aromatic rings. The minimum Gasteiger partial charge on any atom is -0.365 e. The summed E-state index contributed by atoms with van der Waals surface area (Å²) < 4.78 is 28.4. The maximum atomic E-state index is 13.4. The van der Waals surface area contributed by atoms with Crippen LogP contribution in [0.5, 0.6) is 0 Å². The third kappa shape index (κ3) is 4.55. The van der Waals surface area contributed by atoms with E-state index in [1.165, 1.54) is 11.3 Å². The van der Waals surface area contributed by atoms with Gasteiger partial charge >= 0.3 is 0 Å². The monoisotopic (exact) mass is 472 g/mol. The first-order valence-corrected chi connectivity index (χ1v) is 13.4. The molecule has 0 radical (unpaired) electrons. The summed E-state index contributed by atoms with van der Waals surface area (Å²) in [6.45, 7) is 12.9. The number of rotatable bonds is 4. The number of carbonyl (C=O) groups is 1. The van der Waals surface area contributed by atoms with Crippen LogP contribution in [0.4, 0.5) is 5.69 Å². The van der Waals surface area contributed by atoms with Gasteiger partial charge in [-0.2, -0.15) is 4.31 Å². The highest BCUT2D eigenvalue weighted by Crippen LogP contribution is 2.30. The van der Waals surface area contributed by atoms with E-state index < -0.39 is 10.0 Å². The number of nitrogens with zero attached hydrogens (tertiary/aromatic N) is 3. The van der Waals surface area contributed by atoms with E-state index in [1.807, 2.05) is 4.90 Å². The average Bonchev–Trinajstić information content (AvgIpc) is 3.08. The summed E-state index contributed by atoms with van der Waals surface area (Å²) in [5, 5.41) is 0. The van der Waals surface area contributed by atoms with Crippen molar-refractivity contribution in [1.82, 2.24) is 14.2 Å². The van der Waals surface area contributed by atoms with E-state index in [9.17, 15) is 13.2 Å². The van der Waals surface area contributed by atoms with Gasteiger partial charge in [0.15, 0.2) is 0 Å². The summed E-state index contributed by atoms with van der Waals surface area (Å²) in [5.74, 6) is 0.419. The Morgan fingerprint density at radius 1 is 1.03 bits per heavy atom.